The Labute approximate surface area is 133 Å². The molecule has 2 heterocycles. The molecule has 0 unspecified atom stereocenters. The number of aliphatic hydroxyl groups is 1. The number of likely N-dealkylation sites (tertiary alicyclic amines) is 1. The van der Waals surface area contributed by atoms with Crippen molar-refractivity contribution >= 4 is 30.7 Å². The maximum absolute atomic E-state index is 13.0. The van der Waals surface area contributed by atoms with E-state index < -0.39 is 30.5 Å². The fourth-order valence-corrected chi connectivity index (χ4v) is 2.04. The van der Waals surface area contributed by atoms with Crippen molar-refractivity contribution in [1.29, 1.82) is 0 Å². The van der Waals surface area contributed by atoms with Gasteiger partial charge in [0.2, 0.25) is 5.91 Å². The number of hydrogen-bond acceptors (Lipinski definition) is 4. The largest absolute Gasteiger partial charge is 0.386 e. The molecule has 0 aliphatic carbocycles. The fraction of sp³-hybridized carbons (Fsp3) is 0.500. The predicted molar refractivity (Wildman–Crippen MR) is 77.8 cm³/mol. The van der Waals surface area contributed by atoms with Crippen molar-refractivity contribution in [2.75, 3.05) is 13.1 Å². The standard InChI is InChI=1S/C12H15F2N3O2.2ClH/c13-12(14)3-6-17(7-12)11(19)9(15)10(18)8-1-4-16-5-2-8;;/h1-2,4-5,9-10,18H,3,6-7,15H2;2*1H/t9-,10+;;/m0../s1. The van der Waals surface area contributed by atoms with Crippen LogP contribution in [0.25, 0.3) is 0 Å². The third-order valence-electron chi connectivity index (χ3n) is 3.15. The SMILES string of the molecule is Cl.Cl.N[C@H](C(=O)N1CCC(F)(F)C1)[C@H](O)c1ccncc1. The number of amides is 1. The third kappa shape index (κ3) is 4.74. The third-order valence-corrected chi connectivity index (χ3v) is 3.15. The van der Waals surface area contributed by atoms with Crippen LogP contribution >= 0.6 is 24.8 Å². The molecule has 9 heteroatoms. The summed E-state index contributed by atoms with van der Waals surface area (Å²) in [6.07, 6.45) is 1.32. The average Bonchev–Trinajstić information content (AvgIpc) is 2.77. The van der Waals surface area contributed by atoms with Gasteiger partial charge in [-0.1, -0.05) is 0 Å². The summed E-state index contributed by atoms with van der Waals surface area (Å²) in [4.78, 5) is 16.7. The van der Waals surface area contributed by atoms with Crippen LogP contribution in [0.5, 0.6) is 0 Å². The molecular weight excluding hydrogens is 327 g/mol. The first kappa shape index (κ1) is 20.0. The van der Waals surface area contributed by atoms with E-state index in [1.165, 1.54) is 24.5 Å². The van der Waals surface area contributed by atoms with Crippen molar-refractivity contribution in [3.63, 3.8) is 0 Å². The van der Waals surface area contributed by atoms with Gasteiger partial charge in [0.25, 0.3) is 5.92 Å². The number of carbonyl (C=O) groups is 1. The molecule has 0 aromatic carbocycles. The van der Waals surface area contributed by atoms with E-state index >= 15 is 0 Å². The summed E-state index contributed by atoms with van der Waals surface area (Å²) in [6, 6.07) is 1.79. The molecule has 120 valence electrons. The Morgan fingerprint density at radius 3 is 2.43 bits per heavy atom. The number of hydrogen-bond donors (Lipinski definition) is 2. The summed E-state index contributed by atoms with van der Waals surface area (Å²) in [5.74, 6) is -3.53. The Balaban J connectivity index is 0.00000200. The van der Waals surface area contributed by atoms with E-state index in [2.05, 4.69) is 4.98 Å². The van der Waals surface area contributed by atoms with Crippen molar-refractivity contribution in [2.45, 2.75) is 24.5 Å². The predicted octanol–water partition coefficient (Wildman–Crippen LogP) is 1.15. The second kappa shape index (κ2) is 7.84. The normalized spacial score (nSPS) is 19.1. The monoisotopic (exact) mass is 343 g/mol. The molecular formula is C12H17Cl2F2N3O2. The number of pyridine rings is 1. The smallest absolute Gasteiger partial charge is 0.267 e. The molecule has 1 aromatic rings. The number of carbonyl (C=O) groups excluding carboxylic acids is 1. The lowest BCUT2D eigenvalue weighted by molar-refractivity contribution is -0.135. The molecule has 21 heavy (non-hydrogen) atoms. The minimum Gasteiger partial charge on any atom is -0.386 e. The van der Waals surface area contributed by atoms with E-state index in [9.17, 15) is 18.7 Å². The van der Waals surface area contributed by atoms with E-state index in [1.54, 1.807) is 0 Å². The molecule has 2 rings (SSSR count). The number of halogens is 4. The zero-order valence-corrected chi connectivity index (χ0v) is 12.6. The molecule has 1 aliphatic rings. The van der Waals surface area contributed by atoms with Crippen LogP contribution in [0.15, 0.2) is 24.5 Å². The van der Waals surface area contributed by atoms with Crippen molar-refractivity contribution in [3.05, 3.63) is 30.1 Å². The first-order valence-corrected chi connectivity index (χ1v) is 5.91. The zero-order valence-electron chi connectivity index (χ0n) is 11.0. The Kier molecular flexibility index (Phi) is 7.46. The molecule has 1 fully saturated rings. The molecule has 5 nitrogen and oxygen atoms in total. The van der Waals surface area contributed by atoms with E-state index in [0.717, 1.165) is 4.90 Å². The molecule has 3 N–H and O–H groups in total. The van der Waals surface area contributed by atoms with Gasteiger partial charge in [-0.15, -0.1) is 24.8 Å². The van der Waals surface area contributed by atoms with Crippen LogP contribution in [-0.4, -0.2) is 46.0 Å². The lowest BCUT2D eigenvalue weighted by Crippen LogP contribution is -2.46. The van der Waals surface area contributed by atoms with Crippen molar-refractivity contribution in [3.8, 4) is 0 Å². The number of aromatic nitrogens is 1. The maximum Gasteiger partial charge on any atom is 0.267 e. The lowest BCUT2D eigenvalue weighted by Gasteiger charge is -2.24. The number of nitrogens with zero attached hydrogens (tertiary/aromatic N) is 2. The van der Waals surface area contributed by atoms with Crippen LogP contribution in [0.1, 0.15) is 18.1 Å². The first-order chi connectivity index (χ1) is 8.91. The summed E-state index contributed by atoms with van der Waals surface area (Å²) in [7, 11) is 0. The van der Waals surface area contributed by atoms with Gasteiger partial charge in [0.1, 0.15) is 12.1 Å². The van der Waals surface area contributed by atoms with Gasteiger partial charge in [0.05, 0.1) is 6.54 Å². The number of rotatable bonds is 3. The highest BCUT2D eigenvalue weighted by molar-refractivity contribution is 5.85. The summed E-state index contributed by atoms with van der Waals surface area (Å²) in [6.45, 7) is -0.675. The molecule has 2 atom stereocenters. The van der Waals surface area contributed by atoms with E-state index in [4.69, 9.17) is 5.73 Å². The highest BCUT2D eigenvalue weighted by atomic mass is 35.5. The second-order valence-corrected chi connectivity index (χ2v) is 4.62. The van der Waals surface area contributed by atoms with E-state index in [0.29, 0.717) is 5.56 Å². The lowest BCUT2D eigenvalue weighted by atomic mass is 10.0. The van der Waals surface area contributed by atoms with E-state index in [1.807, 2.05) is 0 Å². The number of aliphatic hydroxyl groups excluding tert-OH is 1. The number of nitrogens with two attached hydrogens (primary N) is 1. The van der Waals surface area contributed by atoms with Gasteiger partial charge in [0.15, 0.2) is 0 Å². The number of alkyl halides is 2. The van der Waals surface area contributed by atoms with Crippen LogP contribution in [-0.2, 0) is 4.79 Å². The highest BCUT2D eigenvalue weighted by Crippen LogP contribution is 2.28. The highest BCUT2D eigenvalue weighted by Gasteiger charge is 2.42. The quantitative estimate of drug-likeness (QED) is 0.862. The van der Waals surface area contributed by atoms with Gasteiger partial charge in [-0.3, -0.25) is 9.78 Å². The zero-order chi connectivity index (χ0) is 14.0. The summed E-state index contributed by atoms with van der Waals surface area (Å²) in [5.41, 5.74) is 6.09. The Morgan fingerprint density at radius 1 is 1.38 bits per heavy atom. The summed E-state index contributed by atoms with van der Waals surface area (Å²) >= 11 is 0. The minimum absolute atomic E-state index is 0. The maximum atomic E-state index is 13.0. The molecule has 0 spiro atoms. The minimum atomic E-state index is -2.86. The molecule has 1 saturated heterocycles. The molecule has 1 amide bonds. The molecule has 1 aromatic heterocycles. The van der Waals surface area contributed by atoms with Crippen molar-refractivity contribution in [1.82, 2.24) is 9.88 Å². The summed E-state index contributed by atoms with van der Waals surface area (Å²) in [5, 5.41) is 9.96. The van der Waals surface area contributed by atoms with Crippen LogP contribution < -0.4 is 5.73 Å². The van der Waals surface area contributed by atoms with Crippen LogP contribution in [0, 0.1) is 0 Å². The van der Waals surface area contributed by atoms with Crippen molar-refractivity contribution < 1.29 is 18.7 Å². The average molecular weight is 344 g/mol. The van der Waals surface area contributed by atoms with Gasteiger partial charge >= 0.3 is 0 Å². The van der Waals surface area contributed by atoms with E-state index in [-0.39, 0.29) is 37.8 Å². The van der Waals surface area contributed by atoms with Gasteiger partial charge in [-0.2, -0.15) is 0 Å². The van der Waals surface area contributed by atoms with Crippen LogP contribution in [0.3, 0.4) is 0 Å². The molecule has 0 radical (unpaired) electrons. The topological polar surface area (TPSA) is 79.5 Å². The molecule has 1 aliphatic heterocycles. The van der Waals surface area contributed by atoms with Gasteiger partial charge in [-0.25, -0.2) is 8.78 Å². The first-order valence-electron chi connectivity index (χ1n) is 5.91. The van der Waals surface area contributed by atoms with Gasteiger partial charge < -0.3 is 15.7 Å². The van der Waals surface area contributed by atoms with Crippen molar-refractivity contribution in [2.24, 2.45) is 5.73 Å². The summed E-state index contributed by atoms with van der Waals surface area (Å²) < 4.78 is 26.1. The molecule has 0 saturated carbocycles. The second-order valence-electron chi connectivity index (χ2n) is 4.62. The van der Waals surface area contributed by atoms with Gasteiger partial charge in [-0.05, 0) is 17.7 Å². The molecule has 0 bridgehead atoms. The van der Waals surface area contributed by atoms with Gasteiger partial charge in [0, 0.05) is 25.4 Å². The fourth-order valence-electron chi connectivity index (χ4n) is 2.04. The Hall–Kier alpha value is -1.02. The van der Waals surface area contributed by atoms with Crippen LogP contribution in [0.2, 0.25) is 0 Å². The Morgan fingerprint density at radius 2 is 1.95 bits per heavy atom. The van der Waals surface area contributed by atoms with Crippen LogP contribution in [0.4, 0.5) is 8.78 Å². The Bertz CT molecular complexity index is 465.